The van der Waals surface area contributed by atoms with E-state index in [1.165, 1.54) is 19.3 Å². The highest BCUT2D eigenvalue weighted by Crippen LogP contribution is 2.69. The molecule has 4 unspecified atom stereocenters. The van der Waals surface area contributed by atoms with Crippen molar-refractivity contribution in [2.24, 2.45) is 45.5 Å². The Morgan fingerprint density at radius 3 is 2.34 bits per heavy atom. The van der Waals surface area contributed by atoms with Gasteiger partial charge in [0.25, 0.3) is 0 Å². The molecule has 5 rings (SSSR count). The summed E-state index contributed by atoms with van der Waals surface area (Å²) >= 11 is 0. The summed E-state index contributed by atoms with van der Waals surface area (Å²) in [6.45, 7) is 9.08. The molecule has 5 nitrogen and oxygen atoms in total. The van der Waals surface area contributed by atoms with E-state index in [1.54, 1.807) is 0 Å². The average Bonchev–Trinajstić information content (AvgIpc) is 3.18. The number of rotatable bonds is 1. The van der Waals surface area contributed by atoms with Crippen molar-refractivity contribution in [2.45, 2.75) is 96.7 Å². The summed E-state index contributed by atoms with van der Waals surface area (Å²) in [7, 11) is 0. The van der Waals surface area contributed by atoms with Gasteiger partial charge in [0.05, 0.1) is 12.2 Å². The number of hydrogen-bond acceptors (Lipinski definition) is 3. The Hall–Kier alpha value is -1.21. The highest BCUT2D eigenvalue weighted by atomic mass is 16.8. The Labute approximate surface area is 174 Å². The monoisotopic (exact) mass is 397 g/mol. The van der Waals surface area contributed by atoms with Gasteiger partial charge in [-0.05, 0) is 98.8 Å². The summed E-state index contributed by atoms with van der Waals surface area (Å²) < 4.78 is 13.3. The van der Waals surface area contributed by atoms with Crippen LogP contribution in [-0.2, 0) is 9.47 Å². The quantitative estimate of drug-likeness (QED) is 0.247. The van der Waals surface area contributed by atoms with Crippen LogP contribution in [0.4, 0.5) is 0 Å². The van der Waals surface area contributed by atoms with E-state index in [2.05, 4.69) is 43.6 Å². The van der Waals surface area contributed by atoms with Crippen molar-refractivity contribution in [2.75, 3.05) is 0 Å². The second kappa shape index (κ2) is 6.39. The molecule has 0 aromatic heterocycles. The van der Waals surface area contributed by atoms with Gasteiger partial charge in [0, 0.05) is 16.9 Å². The Bertz CT molecular complexity index is 783. The smallest absolute Gasteiger partial charge is 0.163 e. The van der Waals surface area contributed by atoms with Gasteiger partial charge in [-0.15, -0.1) is 12.3 Å². The van der Waals surface area contributed by atoms with Crippen LogP contribution < -0.4 is 0 Å². The zero-order valence-corrected chi connectivity index (χ0v) is 18.3. The van der Waals surface area contributed by atoms with E-state index in [-0.39, 0.29) is 29.1 Å². The van der Waals surface area contributed by atoms with Crippen molar-refractivity contribution in [1.29, 1.82) is 0 Å². The topological polar surface area (TPSA) is 67.2 Å². The summed E-state index contributed by atoms with van der Waals surface area (Å²) in [6, 6.07) is 0.0914. The molecule has 1 saturated heterocycles. The van der Waals surface area contributed by atoms with E-state index in [0.29, 0.717) is 29.6 Å². The third kappa shape index (κ3) is 2.65. The van der Waals surface area contributed by atoms with Gasteiger partial charge < -0.3 is 9.47 Å². The fourth-order valence-corrected chi connectivity index (χ4v) is 8.61. The lowest BCUT2D eigenvalue weighted by Crippen LogP contribution is -2.63. The van der Waals surface area contributed by atoms with E-state index in [9.17, 15) is 0 Å². The second-order valence-electron chi connectivity index (χ2n) is 11.4. The van der Waals surface area contributed by atoms with E-state index in [4.69, 9.17) is 21.4 Å². The minimum Gasteiger partial charge on any atom is -0.344 e. The Balaban J connectivity index is 1.56. The van der Waals surface area contributed by atoms with Gasteiger partial charge in [0.1, 0.15) is 0 Å². The maximum atomic E-state index is 9.00. The molecule has 5 aliphatic rings. The SMILES string of the molecule is C#C[C@H]1CCC2C3C(CC[C@@]21C)[C@@]1(C)CC[C@H](N=[N+]=[N-])CC1[C@H]1OC(C)(C)O[C@H]31. The molecule has 1 aliphatic heterocycles. The standard InChI is InChI=1S/C24H35N3O2/c1-6-14-7-8-16-19-17(10-12-23(14,16)4)24(5)11-9-15(26-27-25)13-18(24)20-21(19)29-22(2,3)28-20/h1,14-21H,7-13H2,2-5H3/t14-,15-,16?,17?,18?,19?,20+,21+,23+,24+/m0/s1. The molecule has 0 bridgehead atoms. The largest absolute Gasteiger partial charge is 0.344 e. The van der Waals surface area contributed by atoms with E-state index >= 15 is 0 Å². The van der Waals surface area contributed by atoms with Crippen LogP contribution in [0.15, 0.2) is 5.11 Å². The van der Waals surface area contributed by atoms with Crippen molar-refractivity contribution in [1.82, 2.24) is 0 Å². The average molecular weight is 398 g/mol. The fourth-order valence-electron chi connectivity index (χ4n) is 8.61. The van der Waals surface area contributed by atoms with E-state index in [1.807, 2.05) is 0 Å². The number of nitrogens with zero attached hydrogens (tertiary/aromatic N) is 3. The Kier molecular flexibility index (Phi) is 4.35. The summed E-state index contributed by atoms with van der Waals surface area (Å²) in [4.78, 5) is 3.12. The van der Waals surface area contributed by atoms with Gasteiger partial charge in [0.2, 0.25) is 0 Å². The lowest BCUT2D eigenvalue weighted by atomic mass is 9.43. The zero-order valence-electron chi connectivity index (χ0n) is 18.3. The maximum Gasteiger partial charge on any atom is 0.163 e. The Morgan fingerprint density at radius 2 is 1.62 bits per heavy atom. The van der Waals surface area contributed by atoms with Gasteiger partial charge in [-0.3, -0.25) is 0 Å². The molecule has 0 aromatic carbocycles. The highest BCUT2D eigenvalue weighted by Gasteiger charge is 2.68. The molecule has 5 heteroatoms. The third-order valence-electron chi connectivity index (χ3n) is 9.92. The molecular weight excluding hydrogens is 362 g/mol. The second-order valence-corrected chi connectivity index (χ2v) is 11.4. The number of azide groups is 1. The lowest BCUT2D eigenvalue weighted by molar-refractivity contribution is -0.178. The van der Waals surface area contributed by atoms with Crippen LogP contribution in [0.2, 0.25) is 0 Å². The molecule has 10 atom stereocenters. The Morgan fingerprint density at radius 1 is 0.931 bits per heavy atom. The van der Waals surface area contributed by atoms with Crippen LogP contribution in [0.3, 0.4) is 0 Å². The molecule has 29 heavy (non-hydrogen) atoms. The first kappa shape index (κ1) is 19.7. The van der Waals surface area contributed by atoms with Crippen molar-refractivity contribution >= 4 is 0 Å². The molecule has 4 saturated carbocycles. The summed E-state index contributed by atoms with van der Waals surface area (Å²) in [5.74, 6) is 5.18. The number of ether oxygens (including phenoxy) is 2. The molecular formula is C24H35N3O2. The van der Waals surface area contributed by atoms with Crippen molar-refractivity contribution < 1.29 is 9.47 Å². The molecule has 1 heterocycles. The molecule has 0 amide bonds. The van der Waals surface area contributed by atoms with Crippen LogP contribution in [0.25, 0.3) is 10.4 Å². The molecule has 0 spiro atoms. The van der Waals surface area contributed by atoms with E-state index < -0.39 is 5.79 Å². The summed E-state index contributed by atoms with van der Waals surface area (Å²) in [6.07, 6.45) is 14.1. The first-order valence-corrected chi connectivity index (χ1v) is 11.6. The number of hydrogen-bond donors (Lipinski definition) is 0. The maximum absolute atomic E-state index is 9.00. The van der Waals surface area contributed by atoms with Crippen LogP contribution in [0.5, 0.6) is 0 Å². The number of fused-ring (bicyclic) bond motifs is 8. The van der Waals surface area contributed by atoms with Gasteiger partial charge in [-0.1, -0.05) is 19.0 Å². The van der Waals surface area contributed by atoms with Crippen LogP contribution >= 0.6 is 0 Å². The summed E-state index contributed by atoms with van der Waals surface area (Å²) in [5, 5.41) is 4.11. The van der Waals surface area contributed by atoms with Crippen LogP contribution in [-0.4, -0.2) is 24.0 Å². The van der Waals surface area contributed by atoms with Gasteiger partial charge >= 0.3 is 0 Å². The zero-order chi connectivity index (χ0) is 20.6. The van der Waals surface area contributed by atoms with Crippen molar-refractivity contribution in [3.63, 3.8) is 0 Å². The van der Waals surface area contributed by atoms with Gasteiger partial charge in [-0.25, -0.2) is 0 Å². The summed E-state index contributed by atoms with van der Waals surface area (Å²) in [5.41, 5.74) is 9.47. The van der Waals surface area contributed by atoms with Gasteiger partial charge in [0.15, 0.2) is 5.79 Å². The predicted molar refractivity (Wildman–Crippen MR) is 112 cm³/mol. The fraction of sp³-hybridized carbons (Fsp3) is 0.917. The highest BCUT2D eigenvalue weighted by molar-refractivity contribution is 5.18. The predicted octanol–water partition coefficient (Wildman–Crippen LogP) is 5.70. The first-order chi connectivity index (χ1) is 13.7. The van der Waals surface area contributed by atoms with Crippen LogP contribution in [0.1, 0.15) is 72.6 Å². The van der Waals surface area contributed by atoms with Crippen molar-refractivity contribution in [3.8, 4) is 12.3 Å². The minimum absolute atomic E-state index is 0.0914. The molecule has 0 N–H and O–H groups in total. The molecule has 0 radical (unpaired) electrons. The molecule has 4 aliphatic carbocycles. The molecule has 0 aromatic rings. The first-order valence-electron chi connectivity index (χ1n) is 11.6. The van der Waals surface area contributed by atoms with Crippen LogP contribution in [0, 0.1) is 52.8 Å². The van der Waals surface area contributed by atoms with E-state index in [0.717, 1.165) is 25.7 Å². The van der Waals surface area contributed by atoms with Gasteiger partial charge in [-0.2, -0.15) is 0 Å². The normalized spacial score (nSPS) is 54.9. The molecule has 5 fully saturated rings. The third-order valence-corrected chi connectivity index (χ3v) is 9.92. The van der Waals surface area contributed by atoms with Crippen molar-refractivity contribution in [3.05, 3.63) is 10.4 Å². The molecule has 158 valence electrons. The number of terminal acetylenes is 1. The minimum atomic E-state index is -0.547. The lowest BCUT2D eigenvalue weighted by Gasteiger charge is -2.63.